The van der Waals surface area contributed by atoms with E-state index in [1.165, 1.54) is 93.3 Å². The van der Waals surface area contributed by atoms with Crippen LogP contribution in [0.2, 0.25) is 0 Å². The van der Waals surface area contributed by atoms with Crippen LogP contribution in [-0.4, -0.2) is 0 Å². The fourth-order valence-electron chi connectivity index (χ4n) is 11.4. The highest BCUT2D eigenvalue weighted by Gasteiger charge is 2.61. The number of hydrogen-bond donors (Lipinski definition) is 0. The quantitative estimate of drug-likeness (QED) is 0.178. The zero-order valence-corrected chi connectivity index (χ0v) is 28.9. The van der Waals surface area contributed by atoms with E-state index in [1.807, 2.05) is 0 Å². The molecule has 0 radical (unpaired) electrons. The van der Waals surface area contributed by atoms with Crippen molar-refractivity contribution in [2.45, 2.75) is 37.5 Å². The molecule has 4 fully saturated rings. The third-order valence-electron chi connectivity index (χ3n) is 13.2. The highest BCUT2D eigenvalue weighted by molar-refractivity contribution is 5.92. The number of anilines is 3. The van der Waals surface area contributed by atoms with Gasteiger partial charge in [-0.1, -0.05) is 127 Å². The molecular weight excluding hydrogens is 615 g/mol. The summed E-state index contributed by atoms with van der Waals surface area (Å²) in [7, 11) is 0. The van der Waals surface area contributed by atoms with E-state index in [9.17, 15) is 0 Å². The Bertz CT molecular complexity index is 2410. The van der Waals surface area contributed by atoms with E-state index in [4.69, 9.17) is 0 Å². The molecule has 0 atom stereocenters. The largest absolute Gasteiger partial charge is 0.310 e. The monoisotopic (exact) mass is 655 g/mol. The lowest BCUT2D eigenvalue weighted by Crippen LogP contribution is -2.55. The minimum atomic E-state index is 0.125. The molecule has 0 saturated heterocycles. The lowest BCUT2D eigenvalue weighted by molar-refractivity contribution is -0.0399. The maximum atomic E-state index is 2.62. The molecule has 5 aliphatic carbocycles. The number of nitrogens with zero attached hydrogens (tertiary/aromatic N) is 1. The summed E-state index contributed by atoms with van der Waals surface area (Å²) in [5.41, 5.74) is 14.8. The Morgan fingerprint density at radius 1 is 0.392 bits per heavy atom. The summed E-state index contributed by atoms with van der Waals surface area (Å²) in [5.74, 6) is 3.32. The van der Waals surface area contributed by atoms with Gasteiger partial charge in [-0.2, -0.15) is 0 Å². The summed E-state index contributed by atoms with van der Waals surface area (Å²) in [6, 6.07) is 61.5. The Balaban J connectivity index is 1.09. The van der Waals surface area contributed by atoms with Crippen molar-refractivity contribution in [3.8, 4) is 33.4 Å². The summed E-state index contributed by atoms with van der Waals surface area (Å²) < 4.78 is 0. The Labute approximate surface area is 301 Å². The van der Waals surface area contributed by atoms with Crippen LogP contribution in [0.5, 0.6) is 0 Å². The first-order valence-corrected chi connectivity index (χ1v) is 19.0. The van der Waals surface area contributed by atoms with Gasteiger partial charge in [-0.05, 0) is 142 Å². The zero-order chi connectivity index (χ0) is 33.5. The van der Waals surface area contributed by atoms with E-state index < -0.39 is 0 Å². The number of benzene rings is 7. The summed E-state index contributed by atoms with van der Waals surface area (Å²) in [5, 5.41) is 2.55. The molecule has 0 N–H and O–H groups in total. The van der Waals surface area contributed by atoms with Crippen LogP contribution in [-0.2, 0) is 5.41 Å². The van der Waals surface area contributed by atoms with Crippen molar-refractivity contribution in [2.24, 2.45) is 23.7 Å². The fraction of sp³-hybridized carbons (Fsp3) is 0.200. The highest BCUT2D eigenvalue weighted by atomic mass is 15.1. The minimum absolute atomic E-state index is 0.125. The molecule has 12 rings (SSSR count). The number of rotatable bonds is 5. The Hall–Kier alpha value is -5.40. The molecule has 0 heterocycles. The van der Waals surface area contributed by atoms with Crippen LogP contribution >= 0.6 is 0 Å². The number of fused-ring (bicyclic) bond motifs is 4. The Kier molecular flexibility index (Phi) is 6.50. The standard InChI is InChI=1S/C50H41N/c1-2-11-37(12-3-1)44-14-7-9-17-49(44)51(42-22-20-36(21-23-42)39-19-18-35-10-4-5-13-38(35)31-39)43-24-25-46-45-15-6-8-16-47(45)50(48(46)32-43)40-27-33-26-34(29-40)30-41(50)28-33/h1-25,31-34,40-41H,26-30H2. The van der Waals surface area contributed by atoms with Gasteiger partial charge < -0.3 is 4.90 Å². The Morgan fingerprint density at radius 3 is 1.78 bits per heavy atom. The van der Waals surface area contributed by atoms with Crippen LogP contribution in [0.15, 0.2) is 164 Å². The van der Waals surface area contributed by atoms with Crippen LogP contribution in [0, 0.1) is 23.7 Å². The summed E-state index contributed by atoms with van der Waals surface area (Å²) in [6.45, 7) is 0. The molecule has 4 bridgehead atoms. The first kappa shape index (κ1) is 29.3. The molecule has 0 amide bonds. The molecule has 7 aromatic carbocycles. The summed E-state index contributed by atoms with van der Waals surface area (Å²) in [6.07, 6.45) is 7.03. The van der Waals surface area contributed by atoms with Crippen LogP contribution in [0.4, 0.5) is 17.1 Å². The van der Waals surface area contributed by atoms with Gasteiger partial charge >= 0.3 is 0 Å². The molecule has 1 heteroatoms. The van der Waals surface area contributed by atoms with Gasteiger partial charge in [0.15, 0.2) is 0 Å². The summed E-state index contributed by atoms with van der Waals surface area (Å²) in [4.78, 5) is 2.53. The average Bonchev–Trinajstić information content (AvgIpc) is 3.47. The normalized spacial score (nSPS) is 23.8. The van der Waals surface area contributed by atoms with E-state index in [-0.39, 0.29) is 5.41 Å². The molecule has 1 nitrogen and oxygen atoms in total. The number of hydrogen-bond acceptors (Lipinski definition) is 1. The molecule has 0 aromatic heterocycles. The van der Waals surface area contributed by atoms with E-state index in [2.05, 4.69) is 169 Å². The van der Waals surface area contributed by atoms with E-state index in [0.29, 0.717) is 0 Å². The maximum Gasteiger partial charge on any atom is 0.0540 e. The third-order valence-corrected chi connectivity index (χ3v) is 13.2. The molecule has 7 aromatic rings. The van der Waals surface area contributed by atoms with Crippen molar-refractivity contribution >= 4 is 27.8 Å². The van der Waals surface area contributed by atoms with Crippen LogP contribution in [0.3, 0.4) is 0 Å². The molecule has 1 spiro atoms. The number of para-hydroxylation sites is 1. The van der Waals surface area contributed by atoms with Crippen molar-refractivity contribution in [1.29, 1.82) is 0 Å². The zero-order valence-electron chi connectivity index (χ0n) is 28.9. The lowest BCUT2D eigenvalue weighted by atomic mass is 9.43. The van der Waals surface area contributed by atoms with E-state index in [0.717, 1.165) is 23.7 Å². The van der Waals surface area contributed by atoms with Crippen LogP contribution in [0.25, 0.3) is 44.2 Å². The molecule has 0 aliphatic heterocycles. The highest BCUT2D eigenvalue weighted by Crippen LogP contribution is 2.69. The predicted octanol–water partition coefficient (Wildman–Crippen LogP) is 13.4. The van der Waals surface area contributed by atoms with Gasteiger partial charge in [-0.15, -0.1) is 0 Å². The van der Waals surface area contributed by atoms with Crippen LogP contribution < -0.4 is 4.90 Å². The maximum absolute atomic E-state index is 2.62. The lowest BCUT2D eigenvalue weighted by Gasteiger charge is -2.61. The van der Waals surface area contributed by atoms with Crippen molar-refractivity contribution in [2.75, 3.05) is 4.90 Å². The SMILES string of the molecule is c1ccc(-c2ccccc2N(c2ccc(-c3ccc4ccccc4c3)cc2)c2ccc3c(c2)C2(c4ccccc4-3)C3CC4CC(C3)CC2C4)cc1. The van der Waals surface area contributed by atoms with Gasteiger partial charge in [-0.3, -0.25) is 0 Å². The first-order valence-electron chi connectivity index (χ1n) is 19.0. The average molecular weight is 656 g/mol. The molecule has 5 aliphatic rings. The Morgan fingerprint density at radius 2 is 1.00 bits per heavy atom. The van der Waals surface area contributed by atoms with Gasteiger partial charge in [-0.25, -0.2) is 0 Å². The van der Waals surface area contributed by atoms with E-state index >= 15 is 0 Å². The molecular formula is C50H41N. The molecule has 4 saturated carbocycles. The third kappa shape index (κ3) is 4.40. The fourth-order valence-corrected chi connectivity index (χ4v) is 11.4. The summed E-state index contributed by atoms with van der Waals surface area (Å²) >= 11 is 0. The smallest absolute Gasteiger partial charge is 0.0540 e. The van der Waals surface area contributed by atoms with Crippen molar-refractivity contribution < 1.29 is 0 Å². The van der Waals surface area contributed by atoms with E-state index in [1.54, 1.807) is 11.1 Å². The van der Waals surface area contributed by atoms with Gasteiger partial charge in [0.1, 0.15) is 0 Å². The van der Waals surface area contributed by atoms with Crippen LogP contribution in [0.1, 0.15) is 43.2 Å². The van der Waals surface area contributed by atoms with Gasteiger partial charge in [0, 0.05) is 22.4 Å². The predicted molar refractivity (Wildman–Crippen MR) is 213 cm³/mol. The molecule has 0 unspecified atom stereocenters. The second-order valence-electron chi connectivity index (χ2n) is 15.8. The first-order chi connectivity index (χ1) is 25.2. The molecule has 246 valence electrons. The van der Waals surface area contributed by atoms with Crippen molar-refractivity contribution in [3.05, 3.63) is 175 Å². The van der Waals surface area contributed by atoms with Crippen molar-refractivity contribution in [1.82, 2.24) is 0 Å². The molecule has 51 heavy (non-hydrogen) atoms. The van der Waals surface area contributed by atoms with Gasteiger partial charge in [0.05, 0.1) is 5.69 Å². The van der Waals surface area contributed by atoms with Gasteiger partial charge in [0.2, 0.25) is 0 Å². The second kappa shape index (κ2) is 11.3. The minimum Gasteiger partial charge on any atom is -0.310 e. The second-order valence-corrected chi connectivity index (χ2v) is 15.8. The van der Waals surface area contributed by atoms with Gasteiger partial charge in [0.25, 0.3) is 0 Å². The topological polar surface area (TPSA) is 3.24 Å². The van der Waals surface area contributed by atoms with Crippen molar-refractivity contribution in [3.63, 3.8) is 0 Å².